The summed E-state index contributed by atoms with van der Waals surface area (Å²) in [4.78, 5) is 11.6. The molecule has 0 aliphatic carbocycles. The van der Waals surface area contributed by atoms with Crippen molar-refractivity contribution in [2.24, 2.45) is 0 Å². The normalized spacial score (nSPS) is 10.2. The van der Waals surface area contributed by atoms with E-state index in [4.69, 9.17) is 15.2 Å². The van der Waals surface area contributed by atoms with Gasteiger partial charge in [-0.2, -0.15) is 9.97 Å². The van der Waals surface area contributed by atoms with Gasteiger partial charge in [0.05, 0.1) is 7.11 Å². The van der Waals surface area contributed by atoms with Gasteiger partial charge in [-0.25, -0.2) is 0 Å². The van der Waals surface area contributed by atoms with Gasteiger partial charge in [0, 0.05) is 4.47 Å². The average Bonchev–Trinajstić information content (AvgIpc) is 2.32. The highest BCUT2D eigenvalue weighted by Crippen LogP contribution is 2.26. The van der Waals surface area contributed by atoms with Crippen LogP contribution >= 0.6 is 15.9 Å². The molecule has 0 fully saturated rings. The van der Waals surface area contributed by atoms with E-state index in [0.717, 1.165) is 10.0 Å². The molecule has 0 radical (unpaired) electrons. The number of hydrogen-bond donors (Lipinski definition) is 1. The van der Waals surface area contributed by atoms with Crippen molar-refractivity contribution in [2.45, 2.75) is 6.92 Å². The Labute approximate surface area is 112 Å². The standard InChI is InChI=1S/C11H11BrN4O2/c1-6-5-7(12)3-4-8(6)18-11-15-9(13)14-10(16-11)17-2/h3-5H,1-2H3,(H2,13,14,15,16). The van der Waals surface area contributed by atoms with E-state index in [9.17, 15) is 0 Å². The van der Waals surface area contributed by atoms with Crippen molar-refractivity contribution in [3.05, 3.63) is 28.2 Å². The van der Waals surface area contributed by atoms with Crippen LogP contribution in [0.25, 0.3) is 0 Å². The van der Waals surface area contributed by atoms with Gasteiger partial charge in [0.1, 0.15) is 5.75 Å². The summed E-state index contributed by atoms with van der Waals surface area (Å²) >= 11 is 3.38. The van der Waals surface area contributed by atoms with Crippen molar-refractivity contribution >= 4 is 21.9 Å². The lowest BCUT2D eigenvalue weighted by molar-refractivity contribution is 0.360. The summed E-state index contributed by atoms with van der Waals surface area (Å²) in [5.41, 5.74) is 6.47. The second-order valence-electron chi connectivity index (χ2n) is 3.47. The molecule has 0 spiro atoms. The van der Waals surface area contributed by atoms with E-state index >= 15 is 0 Å². The summed E-state index contributed by atoms with van der Waals surface area (Å²) in [5, 5.41) is 0. The third-order valence-corrected chi connectivity index (χ3v) is 2.63. The molecule has 0 amide bonds. The van der Waals surface area contributed by atoms with Crippen LogP contribution in [0.4, 0.5) is 5.95 Å². The lowest BCUT2D eigenvalue weighted by Gasteiger charge is -2.08. The van der Waals surface area contributed by atoms with Crippen LogP contribution in [-0.2, 0) is 0 Å². The van der Waals surface area contributed by atoms with Crippen LogP contribution in [-0.4, -0.2) is 22.1 Å². The maximum absolute atomic E-state index is 5.54. The summed E-state index contributed by atoms with van der Waals surface area (Å²) < 4.78 is 11.4. The predicted molar refractivity (Wildman–Crippen MR) is 69.7 cm³/mol. The highest BCUT2D eigenvalue weighted by atomic mass is 79.9. The lowest BCUT2D eigenvalue weighted by Crippen LogP contribution is -2.03. The van der Waals surface area contributed by atoms with Crippen molar-refractivity contribution in [1.29, 1.82) is 0 Å². The van der Waals surface area contributed by atoms with Gasteiger partial charge in [-0.15, -0.1) is 4.98 Å². The molecule has 1 heterocycles. The zero-order valence-electron chi connectivity index (χ0n) is 9.85. The zero-order valence-corrected chi connectivity index (χ0v) is 11.4. The van der Waals surface area contributed by atoms with E-state index in [-0.39, 0.29) is 18.0 Å². The van der Waals surface area contributed by atoms with Crippen LogP contribution in [0.2, 0.25) is 0 Å². The van der Waals surface area contributed by atoms with Gasteiger partial charge >= 0.3 is 12.0 Å². The third kappa shape index (κ3) is 2.86. The number of halogens is 1. The quantitative estimate of drug-likeness (QED) is 0.936. The number of anilines is 1. The van der Waals surface area contributed by atoms with Gasteiger partial charge in [-0.1, -0.05) is 15.9 Å². The number of rotatable bonds is 3. The Balaban J connectivity index is 2.30. The highest BCUT2D eigenvalue weighted by Gasteiger charge is 2.08. The minimum absolute atomic E-state index is 0.0478. The molecule has 1 aromatic carbocycles. The van der Waals surface area contributed by atoms with Gasteiger partial charge in [0.2, 0.25) is 5.95 Å². The van der Waals surface area contributed by atoms with Crippen molar-refractivity contribution in [2.75, 3.05) is 12.8 Å². The maximum atomic E-state index is 5.54. The molecular weight excluding hydrogens is 300 g/mol. The van der Waals surface area contributed by atoms with Crippen LogP contribution in [0, 0.1) is 6.92 Å². The van der Waals surface area contributed by atoms with Gasteiger partial charge < -0.3 is 15.2 Å². The van der Waals surface area contributed by atoms with E-state index in [1.807, 2.05) is 25.1 Å². The number of benzene rings is 1. The summed E-state index contributed by atoms with van der Waals surface area (Å²) in [5.74, 6) is 0.692. The molecule has 2 rings (SSSR count). The Morgan fingerprint density at radius 2 is 1.89 bits per heavy atom. The third-order valence-electron chi connectivity index (χ3n) is 2.13. The maximum Gasteiger partial charge on any atom is 0.330 e. The fourth-order valence-electron chi connectivity index (χ4n) is 1.32. The Morgan fingerprint density at radius 3 is 2.56 bits per heavy atom. The molecule has 0 unspecified atom stereocenters. The molecule has 2 N–H and O–H groups in total. The van der Waals surface area contributed by atoms with Crippen molar-refractivity contribution in [1.82, 2.24) is 15.0 Å². The zero-order chi connectivity index (χ0) is 13.1. The Hall–Kier alpha value is -1.89. The van der Waals surface area contributed by atoms with Gasteiger partial charge in [0.15, 0.2) is 0 Å². The van der Waals surface area contributed by atoms with Crippen molar-refractivity contribution < 1.29 is 9.47 Å². The SMILES string of the molecule is COc1nc(N)nc(Oc2ccc(Br)cc2C)n1. The van der Waals surface area contributed by atoms with Gasteiger partial charge in [-0.3, -0.25) is 0 Å². The summed E-state index contributed by atoms with van der Waals surface area (Å²) in [6.45, 7) is 1.92. The Bertz CT molecular complexity index is 577. The van der Waals surface area contributed by atoms with E-state index in [1.165, 1.54) is 7.11 Å². The summed E-state index contributed by atoms with van der Waals surface area (Å²) in [6, 6.07) is 5.82. The molecule has 94 valence electrons. The van der Waals surface area contributed by atoms with Crippen LogP contribution in [0.15, 0.2) is 22.7 Å². The second kappa shape index (κ2) is 5.18. The van der Waals surface area contributed by atoms with E-state index in [0.29, 0.717) is 5.75 Å². The number of methoxy groups -OCH3 is 1. The molecule has 6 nitrogen and oxygen atoms in total. The fourth-order valence-corrected chi connectivity index (χ4v) is 1.79. The first kappa shape index (κ1) is 12.6. The van der Waals surface area contributed by atoms with Crippen LogP contribution in [0.1, 0.15) is 5.56 Å². The number of nitrogens with two attached hydrogens (primary N) is 1. The van der Waals surface area contributed by atoms with E-state index in [2.05, 4.69) is 30.9 Å². The minimum Gasteiger partial charge on any atom is -0.467 e. The smallest absolute Gasteiger partial charge is 0.330 e. The Morgan fingerprint density at radius 1 is 1.17 bits per heavy atom. The van der Waals surface area contributed by atoms with Crippen molar-refractivity contribution in [3.8, 4) is 17.8 Å². The first-order valence-electron chi connectivity index (χ1n) is 5.08. The summed E-state index contributed by atoms with van der Waals surface area (Å²) in [7, 11) is 1.45. The molecule has 0 bridgehead atoms. The van der Waals surface area contributed by atoms with Crippen molar-refractivity contribution in [3.63, 3.8) is 0 Å². The molecule has 0 atom stereocenters. The molecule has 2 aromatic rings. The predicted octanol–water partition coefficient (Wildman–Crippen LogP) is 2.33. The van der Waals surface area contributed by atoms with Crippen LogP contribution in [0.5, 0.6) is 17.8 Å². The number of nitrogens with zero attached hydrogens (tertiary/aromatic N) is 3. The topological polar surface area (TPSA) is 83.2 Å². The molecule has 0 saturated heterocycles. The van der Waals surface area contributed by atoms with Gasteiger partial charge in [-0.05, 0) is 30.7 Å². The van der Waals surface area contributed by atoms with Gasteiger partial charge in [0.25, 0.3) is 0 Å². The average molecular weight is 311 g/mol. The first-order chi connectivity index (χ1) is 8.58. The van der Waals surface area contributed by atoms with Crippen LogP contribution in [0.3, 0.4) is 0 Å². The number of aryl methyl sites for hydroxylation is 1. The highest BCUT2D eigenvalue weighted by molar-refractivity contribution is 9.10. The molecule has 0 aliphatic rings. The number of ether oxygens (including phenoxy) is 2. The molecule has 0 aliphatic heterocycles. The molecule has 18 heavy (non-hydrogen) atoms. The fraction of sp³-hybridized carbons (Fsp3) is 0.182. The monoisotopic (exact) mass is 310 g/mol. The minimum atomic E-state index is 0.0478. The van der Waals surface area contributed by atoms with E-state index in [1.54, 1.807) is 0 Å². The van der Waals surface area contributed by atoms with Crippen LogP contribution < -0.4 is 15.2 Å². The molecule has 7 heteroatoms. The number of hydrogen-bond acceptors (Lipinski definition) is 6. The van der Waals surface area contributed by atoms with E-state index < -0.39 is 0 Å². The largest absolute Gasteiger partial charge is 0.467 e. The number of nitrogen functional groups attached to an aromatic ring is 1. The Kier molecular flexibility index (Phi) is 3.61. The lowest BCUT2D eigenvalue weighted by atomic mass is 10.2. The summed E-state index contributed by atoms with van der Waals surface area (Å²) in [6.07, 6.45) is 0. The second-order valence-corrected chi connectivity index (χ2v) is 4.39. The molecular formula is C11H11BrN4O2. The molecule has 1 aromatic heterocycles. The molecule has 0 saturated carbocycles. The number of aromatic nitrogens is 3. The first-order valence-corrected chi connectivity index (χ1v) is 5.87.